The predicted molar refractivity (Wildman–Crippen MR) is 67.3 cm³/mol. The maximum Gasteiger partial charge on any atom is 0.0766 e. The molecule has 0 spiro atoms. The SMILES string of the molecule is CCc1nn(C)c(CC2(C(C)O)CC2)c1Br. The first-order valence-corrected chi connectivity index (χ1v) is 6.68. The molecule has 2 rings (SSSR count). The Balaban J connectivity index is 2.25. The van der Waals surface area contributed by atoms with E-state index in [9.17, 15) is 5.11 Å². The van der Waals surface area contributed by atoms with Crippen molar-refractivity contribution in [2.75, 3.05) is 0 Å². The minimum absolute atomic E-state index is 0.112. The van der Waals surface area contributed by atoms with Gasteiger partial charge in [0.25, 0.3) is 0 Å². The summed E-state index contributed by atoms with van der Waals surface area (Å²) < 4.78 is 3.08. The van der Waals surface area contributed by atoms with Gasteiger partial charge >= 0.3 is 0 Å². The third kappa shape index (κ3) is 1.93. The lowest BCUT2D eigenvalue weighted by Gasteiger charge is -2.18. The maximum atomic E-state index is 9.80. The van der Waals surface area contributed by atoms with E-state index < -0.39 is 0 Å². The van der Waals surface area contributed by atoms with Crippen molar-refractivity contribution in [2.45, 2.75) is 45.6 Å². The summed E-state index contributed by atoms with van der Waals surface area (Å²) in [6.45, 7) is 4.01. The second-order valence-electron chi connectivity index (χ2n) is 4.90. The Morgan fingerprint density at radius 1 is 1.56 bits per heavy atom. The molecule has 1 unspecified atom stereocenters. The molecule has 1 aromatic heterocycles. The fraction of sp³-hybridized carbons (Fsp3) is 0.750. The fourth-order valence-electron chi connectivity index (χ4n) is 2.25. The highest BCUT2D eigenvalue weighted by Gasteiger charge is 2.47. The first-order valence-electron chi connectivity index (χ1n) is 5.88. The molecule has 0 saturated heterocycles. The lowest BCUT2D eigenvalue weighted by atomic mass is 9.94. The van der Waals surface area contributed by atoms with Crippen molar-refractivity contribution >= 4 is 15.9 Å². The fourth-order valence-corrected chi connectivity index (χ4v) is 3.00. The van der Waals surface area contributed by atoms with Crippen molar-refractivity contribution in [1.82, 2.24) is 9.78 Å². The smallest absolute Gasteiger partial charge is 0.0766 e. The van der Waals surface area contributed by atoms with E-state index in [0.717, 1.165) is 35.8 Å². The van der Waals surface area contributed by atoms with Crippen LogP contribution in [0.5, 0.6) is 0 Å². The number of aliphatic hydroxyl groups is 1. The Morgan fingerprint density at radius 3 is 2.56 bits per heavy atom. The van der Waals surface area contributed by atoms with Crippen molar-refractivity contribution in [3.05, 3.63) is 15.9 Å². The van der Waals surface area contributed by atoms with Crippen LogP contribution in [0, 0.1) is 5.41 Å². The summed E-state index contributed by atoms with van der Waals surface area (Å²) >= 11 is 3.63. The van der Waals surface area contributed by atoms with Gasteiger partial charge in [0, 0.05) is 12.5 Å². The van der Waals surface area contributed by atoms with Gasteiger partial charge in [-0.15, -0.1) is 0 Å². The average Bonchev–Trinajstić information content (AvgIpc) is 2.97. The lowest BCUT2D eigenvalue weighted by Crippen LogP contribution is -2.22. The quantitative estimate of drug-likeness (QED) is 0.923. The van der Waals surface area contributed by atoms with Crippen LogP contribution in [0.2, 0.25) is 0 Å². The van der Waals surface area contributed by atoms with Gasteiger partial charge in [0.1, 0.15) is 0 Å². The average molecular weight is 287 g/mol. The maximum absolute atomic E-state index is 9.80. The summed E-state index contributed by atoms with van der Waals surface area (Å²) in [5.74, 6) is 0. The normalized spacial score (nSPS) is 19.8. The number of nitrogens with zero attached hydrogens (tertiary/aromatic N) is 2. The molecule has 90 valence electrons. The molecular formula is C12H19BrN2O. The third-order valence-electron chi connectivity index (χ3n) is 3.80. The Kier molecular flexibility index (Phi) is 3.14. The number of rotatable bonds is 4. The molecule has 0 amide bonds. The van der Waals surface area contributed by atoms with Crippen molar-refractivity contribution in [1.29, 1.82) is 0 Å². The van der Waals surface area contributed by atoms with Crippen molar-refractivity contribution < 1.29 is 5.11 Å². The topological polar surface area (TPSA) is 38.0 Å². The molecule has 1 N–H and O–H groups in total. The Labute approximate surface area is 105 Å². The van der Waals surface area contributed by atoms with E-state index in [1.54, 1.807) is 0 Å². The van der Waals surface area contributed by atoms with E-state index in [1.165, 1.54) is 5.69 Å². The van der Waals surface area contributed by atoms with Gasteiger partial charge in [0.05, 0.1) is 22.0 Å². The Bertz CT molecular complexity index is 394. The summed E-state index contributed by atoms with van der Waals surface area (Å²) in [5.41, 5.74) is 2.44. The number of aliphatic hydroxyl groups excluding tert-OH is 1. The molecule has 1 aliphatic carbocycles. The van der Waals surface area contributed by atoms with E-state index in [-0.39, 0.29) is 11.5 Å². The molecule has 1 aromatic rings. The van der Waals surface area contributed by atoms with Crippen LogP contribution in [0.4, 0.5) is 0 Å². The summed E-state index contributed by atoms with van der Waals surface area (Å²) in [4.78, 5) is 0. The van der Waals surface area contributed by atoms with Gasteiger partial charge in [-0.3, -0.25) is 4.68 Å². The van der Waals surface area contributed by atoms with Gasteiger partial charge in [-0.2, -0.15) is 5.10 Å². The van der Waals surface area contributed by atoms with Crippen LogP contribution in [0.1, 0.15) is 38.1 Å². The molecule has 1 fully saturated rings. The minimum atomic E-state index is -0.223. The van der Waals surface area contributed by atoms with Crippen molar-refractivity contribution in [2.24, 2.45) is 12.5 Å². The predicted octanol–water partition coefficient (Wildman–Crippen LogP) is 2.45. The first kappa shape index (κ1) is 12.1. The first-order chi connectivity index (χ1) is 7.50. The van der Waals surface area contributed by atoms with Crippen LogP contribution >= 0.6 is 15.9 Å². The molecule has 0 bridgehead atoms. The highest BCUT2D eigenvalue weighted by molar-refractivity contribution is 9.10. The minimum Gasteiger partial charge on any atom is -0.393 e. The van der Waals surface area contributed by atoms with Crippen molar-refractivity contribution in [3.63, 3.8) is 0 Å². The van der Waals surface area contributed by atoms with Crippen LogP contribution in [0.25, 0.3) is 0 Å². The molecule has 0 aliphatic heterocycles. The van der Waals surface area contributed by atoms with Gasteiger partial charge in [0.15, 0.2) is 0 Å². The number of aromatic nitrogens is 2. The zero-order valence-corrected chi connectivity index (χ0v) is 11.7. The van der Waals surface area contributed by atoms with Crippen molar-refractivity contribution in [3.8, 4) is 0 Å². The molecule has 1 saturated carbocycles. The highest BCUT2D eigenvalue weighted by atomic mass is 79.9. The van der Waals surface area contributed by atoms with E-state index in [4.69, 9.17) is 0 Å². The molecule has 0 radical (unpaired) electrons. The monoisotopic (exact) mass is 286 g/mol. The van der Waals surface area contributed by atoms with E-state index in [1.807, 2.05) is 18.7 Å². The van der Waals surface area contributed by atoms with Crippen LogP contribution < -0.4 is 0 Å². The van der Waals surface area contributed by atoms with Crippen LogP contribution in [-0.2, 0) is 19.9 Å². The summed E-state index contributed by atoms with van der Waals surface area (Å²) in [6, 6.07) is 0. The Hall–Kier alpha value is -0.350. The lowest BCUT2D eigenvalue weighted by molar-refractivity contribution is 0.109. The van der Waals surface area contributed by atoms with Crippen LogP contribution in [0.15, 0.2) is 4.47 Å². The molecule has 4 heteroatoms. The van der Waals surface area contributed by atoms with Gasteiger partial charge in [-0.1, -0.05) is 6.92 Å². The largest absolute Gasteiger partial charge is 0.393 e. The number of hydrogen-bond acceptors (Lipinski definition) is 2. The molecule has 16 heavy (non-hydrogen) atoms. The van der Waals surface area contributed by atoms with Crippen LogP contribution in [0.3, 0.4) is 0 Å². The second-order valence-corrected chi connectivity index (χ2v) is 5.69. The zero-order valence-electron chi connectivity index (χ0n) is 10.1. The standard InChI is InChI=1S/C12H19BrN2O/c1-4-9-11(13)10(15(3)14-9)7-12(5-6-12)8(2)16/h8,16H,4-7H2,1-3H3. The number of hydrogen-bond donors (Lipinski definition) is 1. The molecule has 1 heterocycles. The zero-order chi connectivity index (χ0) is 11.9. The molecular weight excluding hydrogens is 268 g/mol. The molecule has 0 aromatic carbocycles. The van der Waals surface area contributed by atoms with Gasteiger partial charge in [-0.25, -0.2) is 0 Å². The number of halogens is 1. The summed E-state index contributed by atoms with van der Waals surface area (Å²) in [7, 11) is 1.98. The van der Waals surface area contributed by atoms with Crippen LogP contribution in [-0.4, -0.2) is 21.0 Å². The number of aryl methyl sites for hydroxylation is 2. The molecule has 1 atom stereocenters. The third-order valence-corrected chi connectivity index (χ3v) is 4.72. The van der Waals surface area contributed by atoms with E-state index >= 15 is 0 Å². The van der Waals surface area contributed by atoms with E-state index in [0.29, 0.717) is 0 Å². The Morgan fingerprint density at radius 2 is 2.19 bits per heavy atom. The molecule has 3 nitrogen and oxygen atoms in total. The van der Waals surface area contributed by atoms with E-state index in [2.05, 4.69) is 28.0 Å². The van der Waals surface area contributed by atoms with Gasteiger partial charge in [0.2, 0.25) is 0 Å². The molecule has 1 aliphatic rings. The highest BCUT2D eigenvalue weighted by Crippen LogP contribution is 2.51. The summed E-state index contributed by atoms with van der Waals surface area (Å²) in [5, 5.41) is 14.3. The summed E-state index contributed by atoms with van der Waals surface area (Å²) in [6.07, 6.45) is 3.90. The second kappa shape index (κ2) is 4.15. The van der Waals surface area contributed by atoms with Gasteiger partial charge < -0.3 is 5.11 Å². The van der Waals surface area contributed by atoms with Gasteiger partial charge in [-0.05, 0) is 48.5 Å².